The predicted molar refractivity (Wildman–Crippen MR) is 116 cm³/mol. The molecule has 1 N–H and O–H groups in total. The van der Waals surface area contributed by atoms with Crippen LogP contribution in [0.3, 0.4) is 0 Å². The van der Waals surface area contributed by atoms with Crippen LogP contribution in [0.1, 0.15) is 68.8 Å². The summed E-state index contributed by atoms with van der Waals surface area (Å²) in [6, 6.07) is 4.46. The summed E-state index contributed by atoms with van der Waals surface area (Å²) >= 11 is 0. The SMILES string of the molecule is CC1(C(=O)CC(CCOC2CC(CCc3ccc4c(n3)CCCC4)C2)C(=O)O)COC1. The molecule has 6 heteroatoms. The summed E-state index contributed by atoms with van der Waals surface area (Å²) in [7, 11) is 0. The smallest absolute Gasteiger partial charge is 0.307 e. The quantitative estimate of drug-likeness (QED) is 0.576. The first-order chi connectivity index (χ1) is 14.9. The van der Waals surface area contributed by atoms with Crippen molar-refractivity contribution < 1.29 is 24.2 Å². The number of carbonyl (C=O) groups excluding carboxylic acids is 1. The number of carboxylic acids is 1. The maximum Gasteiger partial charge on any atom is 0.307 e. The van der Waals surface area contributed by atoms with Crippen LogP contribution in [0.2, 0.25) is 0 Å². The molecule has 6 nitrogen and oxygen atoms in total. The molecule has 1 aromatic rings. The van der Waals surface area contributed by atoms with Crippen LogP contribution in [-0.2, 0) is 38.3 Å². The minimum Gasteiger partial charge on any atom is -0.481 e. The van der Waals surface area contributed by atoms with E-state index in [0.717, 1.165) is 32.1 Å². The van der Waals surface area contributed by atoms with Gasteiger partial charge in [0.1, 0.15) is 5.78 Å². The van der Waals surface area contributed by atoms with Gasteiger partial charge in [-0.05, 0) is 82.3 Å². The minimum atomic E-state index is -0.912. The number of hydrogen-bond donors (Lipinski definition) is 1. The molecule has 1 unspecified atom stereocenters. The van der Waals surface area contributed by atoms with Crippen molar-refractivity contribution in [2.45, 2.75) is 77.2 Å². The summed E-state index contributed by atoms with van der Waals surface area (Å²) < 4.78 is 11.0. The van der Waals surface area contributed by atoms with Crippen LogP contribution in [0.4, 0.5) is 0 Å². The van der Waals surface area contributed by atoms with E-state index >= 15 is 0 Å². The number of Topliss-reactive ketones (excluding diaryl/α,β-unsaturated/α-hetero) is 1. The molecule has 1 atom stereocenters. The molecule has 0 amide bonds. The summed E-state index contributed by atoms with van der Waals surface area (Å²) in [5.41, 5.74) is 3.46. The first-order valence-corrected chi connectivity index (χ1v) is 11.9. The molecule has 1 aromatic heterocycles. The highest BCUT2D eigenvalue weighted by Crippen LogP contribution is 2.35. The molecular weight excluding hydrogens is 394 g/mol. The number of aromatic nitrogens is 1. The third-order valence-electron chi connectivity index (χ3n) is 7.35. The number of carbonyl (C=O) groups is 2. The number of aliphatic carboxylic acids is 1. The monoisotopic (exact) mass is 429 g/mol. The van der Waals surface area contributed by atoms with Gasteiger partial charge >= 0.3 is 5.97 Å². The Labute approximate surface area is 184 Å². The third kappa shape index (κ3) is 5.53. The number of nitrogens with zero attached hydrogens (tertiary/aromatic N) is 1. The molecule has 0 radical (unpaired) electrons. The van der Waals surface area contributed by atoms with Gasteiger partial charge in [-0.3, -0.25) is 14.6 Å². The topological polar surface area (TPSA) is 85.7 Å². The maximum atomic E-state index is 12.3. The summed E-state index contributed by atoms with van der Waals surface area (Å²) in [6.45, 7) is 3.06. The molecule has 0 bridgehead atoms. The van der Waals surface area contributed by atoms with Crippen LogP contribution < -0.4 is 0 Å². The van der Waals surface area contributed by atoms with Gasteiger partial charge in [0.05, 0.1) is 30.7 Å². The highest BCUT2D eigenvalue weighted by Gasteiger charge is 2.42. The third-order valence-corrected chi connectivity index (χ3v) is 7.35. The fourth-order valence-corrected chi connectivity index (χ4v) is 4.89. The lowest BCUT2D eigenvalue weighted by atomic mass is 9.78. The zero-order chi connectivity index (χ0) is 21.8. The molecule has 2 fully saturated rings. The van der Waals surface area contributed by atoms with Crippen molar-refractivity contribution in [2.75, 3.05) is 19.8 Å². The van der Waals surface area contributed by atoms with Gasteiger partial charge in [0, 0.05) is 24.4 Å². The average molecular weight is 430 g/mol. The van der Waals surface area contributed by atoms with Gasteiger partial charge in [-0.15, -0.1) is 0 Å². The van der Waals surface area contributed by atoms with Gasteiger partial charge in [-0.25, -0.2) is 0 Å². The van der Waals surface area contributed by atoms with Crippen LogP contribution in [0.5, 0.6) is 0 Å². The number of pyridine rings is 1. The van der Waals surface area contributed by atoms with Gasteiger partial charge in [0.25, 0.3) is 0 Å². The van der Waals surface area contributed by atoms with Crippen LogP contribution in [-0.4, -0.2) is 47.8 Å². The van der Waals surface area contributed by atoms with Crippen molar-refractivity contribution in [3.05, 3.63) is 29.1 Å². The van der Waals surface area contributed by atoms with E-state index in [1.54, 1.807) is 0 Å². The fraction of sp³-hybridized carbons (Fsp3) is 0.720. The van der Waals surface area contributed by atoms with Gasteiger partial charge in [-0.2, -0.15) is 0 Å². The fourth-order valence-electron chi connectivity index (χ4n) is 4.89. The molecule has 170 valence electrons. The normalized spacial score (nSPS) is 25.1. The van der Waals surface area contributed by atoms with Crippen LogP contribution >= 0.6 is 0 Å². The molecule has 31 heavy (non-hydrogen) atoms. The first-order valence-electron chi connectivity index (χ1n) is 11.9. The van der Waals surface area contributed by atoms with Crippen molar-refractivity contribution in [1.82, 2.24) is 4.98 Å². The molecule has 2 aliphatic carbocycles. The van der Waals surface area contributed by atoms with Gasteiger partial charge in [0.2, 0.25) is 0 Å². The second-order valence-electron chi connectivity index (χ2n) is 9.99. The number of carboxylic acid groups (broad SMARTS) is 1. The summed E-state index contributed by atoms with van der Waals surface area (Å²) in [4.78, 5) is 28.8. The largest absolute Gasteiger partial charge is 0.481 e. The van der Waals surface area contributed by atoms with Crippen LogP contribution in [0.15, 0.2) is 12.1 Å². The number of hydrogen-bond acceptors (Lipinski definition) is 5. The Morgan fingerprint density at radius 1 is 1.26 bits per heavy atom. The Balaban J connectivity index is 1.12. The summed E-state index contributed by atoms with van der Waals surface area (Å²) in [5.74, 6) is -0.926. The van der Waals surface area contributed by atoms with Crippen LogP contribution in [0, 0.1) is 17.3 Å². The molecule has 4 rings (SSSR count). The lowest BCUT2D eigenvalue weighted by Gasteiger charge is -2.37. The summed E-state index contributed by atoms with van der Waals surface area (Å²) in [6.07, 6.45) is 9.77. The lowest BCUT2D eigenvalue weighted by molar-refractivity contribution is -0.159. The van der Waals surface area contributed by atoms with E-state index in [4.69, 9.17) is 14.5 Å². The highest BCUT2D eigenvalue weighted by atomic mass is 16.5. The second kappa shape index (κ2) is 9.78. The average Bonchev–Trinajstić information content (AvgIpc) is 2.71. The van der Waals surface area contributed by atoms with Gasteiger partial charge < -0.3 is 14.6 Å². The van der Waals surface area contributed by atoms with E-state index in [9.17, 15) is 14.7 Å². The number of rotatable bonds is 11. The van der Waals surface area contributed by atoms with Crippen molar-refractivity contribution >= 4 is 11.8 Å². The number of ketones is 1. The van der Waals surface area contributed by atoms with Crippen molar-refractivity contribution in [3.63, 3.8) is 0 Å². The first kappa shape index (κ1) is 22.4. The Kier molecular flexibility index (Phi) is 7.07. The Hall–Kier alpha value is -1.79. The molecule has 1 saturated heterocycles. The predicted octanol–water partition coefficient (Wildman–Crippen LogP) is 3.77. The van der Waals surface area contributed by atoms with Crippen molar-refractivity contribution in [3.8, 4) is 0 Å². The molecule has 0 spiro atoms. The maximum absolute atomic E-state index is 12.3. The Bertz CT molecular complexity index is 797. The lowest BCUT2D eigenvalue weighted by Crippen LogP contribution is -2.47. The summed E-state index contributed by atoms with van der Waals surface area (Å²) in [5, 5.41) is 9.46. The molecule has 3 aliphatic rings. The van der Waals surface area contributed by atoms with Crippen LogP contribution in [0.25, 0.3) is 0 Å². The van der Waals surface area contributed by atoms with E-state index in [-0.39, 0.29) is 18.3 Å². The minimum absolute atomic E-state index is 0.00866. The van der Waals surface area contributed by atoms with Gasteiger partial charge in [-0.1, -0.05) is 6.07 Å². The standard InChI is InChI=1S/C25H35NO5/c1-25(15-30-16-25)23(27)14-19(24(28)29)10-11-31-21-12-17(13-21)6-8-20-9-7-18-4-2-3-5-22(18)26-20/h7,9,17,19,21H,2-6,8,10-16H2,1H3,(H,28,29). The van der Waals surface area contributed by atoms with E-state index in [1.165, 1.54) is 36.2 Å². The van der Waals surface area contributed by atoms with Crippen molar-refractivity contribution in [1.29, 1.82) is 0 Å². The molecule has 2 heterocycles. The molecule has 0 aromatic carbocycles. The molecule has 1 saturated carbocycles. The van der Waals surface area contributed by atoms with E-state index in [1.807, 2.05) is 6.92 Å². The Morgan fingerprint density at radius 3 is 2.74 bits per heavy atom. The Morgan fingerprint density at radius 2 is 2.03 bits per heavy atom. The van der Waals surface area contributed by atoms with E-state index in [2.05, 4.69) is 12.1 Å². The molecular formula is C25H35NO5. The van der Waals surface area contributed by atoms with Crippen molar-refractivity contribution in [2.24, 2.45) is 17.3 Å². The van der Waals surface area contributed by atoms with E-state index in [0.29, 0.717) is 32.2 Å². The zero-order valence-electron chi connectivity index (χ0n) is 18.6. The second-order valence-corrected chi connectivity index (χ2v) is 9.99. The van der Waals surface area contributed by atoms with E-state index < -0.39 is 17.3 Å². The van der Waals surface area contributed by atoms with Gasteiger partial charge in [0.15, 0.2) is 0 Å². The zero-order valence-corrected chi connectivity index (χ0v) is 18.6. The highest BCUT2D eigenvalue weighted by molar-refractivity contribution is 5.88. The molecule has 1 aliphatic heterocycles. The number of ether oxygens (including phenoxy) is 2. The number of fused-ring (bicyclic) bond motifs is 1. The number of aryl methyl sites for hydroxylation is 3.